The second-order valence-corrected chi connectivity index (χ2v) is 8.15. The number of nitrogens with zero attached hydrogens (tertiary/aromatic N) is 2. The lowest BCUT2D eigenvalue weighted by molar-refractivity contribution is 0.0996. The Labute approximate surface area is 199 Å². The Kier molecular flexibility index (Phi) is 10.5. The Morgan fingerprint density at radius 1 is 1.24 bits per heavy atom. The monoisotopic (exact) mass is 503 g/mol. The fourth-order valence-corrected chi connectivity index (χ4v) is 3.82. The number of ether oxygens (including phenoxy) is 1. The molecular weight excluding hydrogens is 475 g/mol. The third-order valence-corrected chi connectivity index (χ3v) is 5.72. The molecule has 0 saturated carbocycles. The highest BCUT2D eigenvalue weighted by atomic mass is 32.1. The average molecular weight is 504 g/mol. The van der Waals surface area contributed by atoms with Crippen LogP contribution in [0, 0.1) is 24.4 Å². The summed E-state index contributed by atoms with van der Waals surface area (Å²) in [6.45, 7) is 5.13. The average Bonchev–Trinajstić information content (AvgIpc) is 3.18. The van der Waals surface area contributed by atoms with Crippen molar-refractivity contribution in [1.82, 2.24) is 14.6 Å². The van der Waals surface area contributed by atoms with E-state index in [1.54, 1.807) is 0 Å². The van der Waals surface area contributed by atoms with Crippen LogP contribution < -0.4 is 21.1 Å². The molecule has 5 N–H and O–H groups in total. The number of unbranched alkanes of at least 4 members (excludes halogenated alkanes) is 1. The lowest BCUT2D eigenvalue weighted by Gasteiger charge is -2.18. The largest absolute Gasteiger partial charge is 0.471 e. The van der Waals surface area contributed by atoms with Crippen molar-refractivity contribution in [3.05, 3.63) is 40.2 Å². The molecule has 34 heavy (non-hydrogen) atoms. The van der Waals surface area contributed by atoms with Crippen LogP contribution in [-0.2, 0) is 6.61 Å². The van der Waals surface area contributed by atoms with E-state index in [4.69, 9.17) is 15.6 Å². The first kappa shape index (κ1) is 27.3. The van der Waals surface area contributed by atoms with Gasteiger partial charge in [-0.2, -0.15) is 4.37 Å². The molecule has 0 spiro atoms. The fourth-order valence-electron chi connectivity index (χ4n) is 3.08. The lowest BCUT2D eigenvalue weighted by Crippen LogP contribution is -2.31. The number of carbonyl (C=O) groups excluding carboxylic acids is 2. The molecule has 2 rings (SSSR count). The van der Waals surface area contributed by atoms with Crippen LogP contribution in [0.1, 0.15) is 41.3 Å². The van der Waals surface area contributed by atoms with Gasteiger partial charge in [-0.3, -0.25) is 10.1 Å². The van der Waals surface area contributed by atoms with E-state index >= 15 is 0 Å². The number of primary amides is 1. The topological polar surface area (TPSA) is 130 Å². The van der Waals surface area contributed by atoms with Gasteiger partial charge in [0.15, 0.2) is 11.6 Å². The minimum atomic E-state index is -1.40. The first-order valence-corrected chi connectivity index (χ1v) is 11.4. The highest BCUT2D eigenvalue weighted by Crippen LogP contribution is 2.31. The van der Waals surface area contributed by atoms with Crippen molar-refractivity contribution in [3.63, 3.8) is 0 Å². The van der Waals surface area contributed by atoms with Gasteiger partial charge in [0.25, 0.3) is 5.91 Å². The van der Waals surface area contributed by atoms with E-state index in [2.05, 4.69) is 19.9 Å². The molecule has 0 bridgehead atoms. The number of benzene rings is 1. The van der Waals surface area contributed by atoms with Crippen LogP contribution in [0.5, 0.6) is 5.88 Å². The minimum absolute atomic E-state index is 0.00358. The van der Waals surface area contributed by atoms with Gasteiger partial charge in [0.05, 0.1) is 12.2 Å². The summed E-state index contributed by atoms with van der Waals surface area (Å²) in [7, 11) is 0. The lowest BCUT2D eigenvalue weighted by atomic mass is 10.1. The summed E-state index contributed by atoms with van der Waals surface area (Å²) in [6, 6.07) is 0.231. The normalized spacial score (nSPS) is 11.0. The Bertz CT molecular complexity index is 1010. The Morgan fingerprint density at radius 2 is 1.97 bits per heavy atom. The molecule has 0 saturated heterocycles. The summed E-state index contributed by atoms with van der Waals surface area (Å²) in [5.74, 6) is -4.93. The van der Waals surface area contributed by atoms with Gasteiger partial charge in [-0.1, -0.05) is 6.92 Å². The molecule has 3 amide bonds. The third-order valence-electron chi connectivity index (χ3n) is 4.97. The van der Waals surface area contributed by atoms with Crippen LogP contribution in [0.15, 0.2) is 6.07 Å². The predicted molar refractivity (Wildman–Crippen MR) is 121 cm³/mol. The molecule has 0 aliphatic heterocycles. The van der Waals surface area contributed by atoms with Crippen molar-refractivity contribution in [3.8, 4) is 5.88 Å². The van der Waals surface area contributed by atoms with Crippen molar-refractivity contribution in [2.45, 2.75) is 33.3 Å². The molecule has 0 aliphatic carbocycles. The van der Waals surface area contributed by atoms with Gasteiger partial charge < -0.3 is 25.8 Å². The van der Waals surface area contributed by atoms with Gasteiger partial charge >= 0.3 is 6.03 Å². The molecule has 13 heteroatoms. The summed E-state index contributed by atoms with van der Waals surface area (Å²) in [6.07, 6.45) is 1.51. The Hall–Kier alpha value is -2.90. The van der Waals surface area contributed by atoms with Gasteiger partial charge in [0.2, 0.25) is 5.88 Å². The van der Waals surface area contributed by atoms with Crippen molar-refractivity contribution in [1.29, 1.82) is 0 Å². The zero-order valence-corrected chi connectivity index (χ0v) is 19.7. The van der Waals surface area contributed by atoms with E-state index in [0.29, 0.717) is 31.0 Å². The summed E-state index contributed by atoms with van der Waals surface area (Å²) in [5.41, 5.74) is 4.23. The van der Waals surface area contributed by atoms with Crippen LogP contribution in [0.4, 0.5) is 23.0 Å². The second-order valence-electron chi connectivity index (χ2n) is 7.37. The quantitative estimate of drug-likeness (QED) is 0.246. The molecule has 1 aromatic carbocycles. The number of hydrogen-bond donors (Lipinski definition) is 4. The van der Waals surface area contributed by atoms with Crippen LogP contribution >= 0.6 is 11.5 Å². The van der Waals surface area contributed by atoms with E-state index in [9.17, 15) is 22.8 Å². The molecule has 1 heterocycles. The van der Waals surface area contributed by atoms with E-state index < -0.39 is 41.6 Å². The van der Waals surface area contributed by atoms with E-state index in [1.165, 1.54) is 6.92 Å². The summed E-state index contributed by atoms with van der Waals surface area (Å²) >= 11 is 0.698. The number of aromatic nitrogens is 1. The number of aryl methyl sites for hydroxylation is 1. The number of likely N-dealkylation sites (N-methyl/N-ethyl adjacent to an activating group) is 1. The summed E-state index contributed by atoms with van der Waals surface area (Å²) in [4.78, 5) is 26.1. The molecule has 188 valence electrons. The number of nitrogens with one attached hydrogen (secondary N) is 2. The number of nitrogens with two attached hydrogens (primary N) is 1. The smallest absolute Gasteiger partial charge is 0.319 e. The minimum Gasteiger partial charge on any atom is -0.471 e. The van der Waals surface area contributed by atoms with Gasteiger partial charge in [0.1, 0.15) is 23.0 Å². The number of rotatable bonds is 13. The maximum Gasteiger partial charge on any atom is 0.319 e. The van der Waals surface area contributed by atoms with E-state index in [-0.39, 0.29) is 28.6 Å². The maximum atomic E-state index is 14.1. The molecule has 0 atom stereocenters. The van der Waals surface area contributed by atoms with Crippen LogP contribution in [0.3, 0.4) is 0 Å². The van der Waals surface area contributed by atoms with Gasteiger partial charge in [-0.05, 0) is 56.0 Å². The zero-order valence-electron chi connectivity index (χ0n) is 18.9. The summed E-state index contributed by atoms with van der Waals surface area (Å²) in [5, 5.41) is 14.1. The number of aliphatic hydroxyl groups is 1. The first-order chi connectivity index (χ1) is 16.2. The van der Waals surface area contributed by atoms with Gasteiger partial charge in [0, 0.05) is 13.1 Å². The molecule has 0 unspecified atom stereocenters. The number of halogens is 3. The van der Waals surface area contributed by atoms with Crippen LogP contribution in [0.25, 0.3) is 0 Å². The van der Waals surface area contributed by atoms with Crippen molar-refractivity contribution < 1.29 is 32.6 Å². The Morgan fingerprint density at radius 3 is 2.62 bits per heavy atom. The molecule has 1 aromatic heterocycles. The number of aliphatic hydroxyl groups excluding tert-OH is 1. The van der Waals surface area contributed by atoms with E-state index in [0.717, 1.165) is 25.6 Å². The first-order valence-electron chi connectivity index (χ1n) is 10.6. The standard InChI is InChI=1S/C21H28F3N5O4S/c1-3-29(8-9-30)7-5-4-6-26-21(32)27-20-15(18(25)31)19(28-34-20)33-11-13-14(22)10-12(2)16(23)17(13)24/h10,30H,3-9,11H2,1-2H3,(H2,25,31)(H2,26,27,32). The van der Waals surface area contributed by atoms with Crippen molar-refractivity contribution in [2.24, 2.45) is 5.73 Å². The summed E-state index contributed by atoms with van der Waals surface area (Å²) < 4.78 is 50.9. The zero-order chi connectivity index (χ0) is 25.3. The SMILES string of the molecule is CCN(CCO)CCCCNC(=O)Nc1snc(OCc2c(F)cc(C)c(F)c2F)c1C(N)=O. The van der Waals surface area contributed by atoms with Crippen LogP contribution in [0.2, 0.25) is 0 Å². The van der Waals surface area contributed by atoms with E-state index in [1.807, 2.05) is 6.92 Å². The predicted octanol–water partition coefficient (Wildman–Crippen LogP) is 2.76. The maximum absolute atomic E-state index is 14.1. The molecular formula is C21H28F3N5O4S. The van der Waals surface area contributed by atoms with Gasteiger partial charge in [-0.25, -0.2) is 18.0 Å². The van der Waals surface area contributed by atoms with Crippen molar-refractivity contribution in [2.75, 3.05) is 38.1 Å². The number of amides is 3. The number of urea groups is 1. The Balaban J connectivity index is 1.94. The molecule has 0 aliphatic rings. The van der Waals surface area contributed by atoms with Gasteiger partial charge in [-0.15, -0.1) is 0 Å². The molecule has 9 nitrogen and oxygen atoms in total. The van der Waals surface area contributed by atoms with Crippen LogP contribution in [-0.4, -0.2) is 59.1 Å². The highest BCUT2D eigenvalue weighted by Gasteiger charge is 2.24. The van der Waals surface area contributed by atoms with Crippen molar-refractivity contribution >= 4 is 28.5 Å². The molecule has 2 aromatic rings. The second kappa shape index (κ2) is 13.1. The fraction of sp³-hybridized carbons (Fsp3) is 0.476. The third kappa shape index (κ3) is 7.30. The number of carbonyl (C=O) groups is 2. The molecule has 0 fully saturated rings. The molecule has 0 radical (unpaired) electrons. The number of anilines is 1. The number of hydrogen-bond acceptors (Lipinski definition) is 7. The highest BCUT2D eigenvalue weighted by molar-refractivity contribution is 7.11.